The average Bonchev–Trinajstić information content (AvgIpc) is 2.60. The predicted molar refractivity (Wildman–Crippen MR) is 57.3 cm³/mol. The first-order valence-electron chi connectivity index (χ1n) is 4.79. The van der Waals surface area contributed by atoms with E-state index in [-0.39, 0.29) is 0 Å². The van der Waals surface area contributed by atoms with Gasteiger partial charge in [-0.05, 0) is 30.9 Å². The molecule has 0 fully saturated rings. The number of allylic oxidation sites excluding steroid dienone is 4. The van der Waals surface area contributed by atoms with Gasteiger partial charge in [0.15, 0.2) is 0 Å². The van der Waals surface area contributed by atoms with Crippen LogP contribution in [0.3, 0.4) is 0 Å². The summed E-state index contributed by atoms with van der Waals surface area (Å²) in [5.74, 6) is 1.44. The molecule has 0 radical (unpaired) electrons. The van der Waals surface area contributed by atoms with Crippen LogP contribution in [-0.2, 0) is 6.42 Å². The number of fused-ring (bicyclic) bond motifs is 3. The molecule has 2 aliphatic carbocycles. The van der Waals surface area contributed by atoms with E-state index in [1.54, 1.807) is 10.4 Å². The molecule has 2 atom stereocenters. The highest BCUT2D eigenvalue weighted by atomic mass is 32.1. The zero-order valence-corrected chi connectivity index (χ0v) is 8.47. The van der Waals surface area contributed by atoms with E-state index >= 15 is 0 Å². The maximum Gasteiger partial charge on any atom is 0.00986 e. The number of hydrogen-bond donors (Lipinski definition) is 0. The van der Waals surface area contributed by atoms with E-state index in [2.05, 4.69) is 37.3 Å². The Bertz CT molecular complexity index is 395. The lowest BCUT2D eigenvalue weighted by molar-refractivity contribution is 0.631. The Kier molecular flexibility index (Phi) is 1.50. The molecule has 0 aromatic carbocycles. The lowest BCUT2D eigenvalue weighted by Gasteiger charge is -2.15. The Morgan fingerprint density at radius 2 is 2.15 bits per heavy atom. The molecule has 0 saturated heterocycles. The van der Waals surface area contributed by atoms with Gasteiger partial charge < -0.3 is 0 Å². The van der Waals surface area contributed by atoms with Gasteiger partial charge in [-0.1, -0.05) is 24.3 Å². The molecule has 0 amide bonds. The molecule has 1 aromatic heterocycles. The topological polar surface area (TPSA) is 0 Å². The van der Waals surface area contributed by atoms with Crippen molar-refractivity contribution < 1.29 is 0 Å². The molecule has 0 N–H and O–H groups in total. The summed E-state index contributed by atoms with van der Waals surface area (Å²) in [6.45, 7) is 2.21. The van der Waals surface area contributed by atoms with Gasteiger partial charge in [-0.15, -0.1) is 11.3 Å². The molecule has 1 heteroatoms. The highest BCUT2D eigenvalue weighted by molar-refractivity contribution is 7.12. The van der Waals surface area contributed by atoms with Crippen molar-refractivity contribution in [3.8, 4) is 0 Å². The van der Waals surface area contributed by atoms with Gasteiger partial charge >= 0.3 is 0 Å². The van der Waals surface area contributed by atoms with Crippen LogP contribution < -0.4 is 0 Å². The van der Waals surface area contributed by atoms with Crippen LogP contribution in [-0.4, -0.2) is 0 Å². The summed E-state index contributed by atoms with van der Waals surface area (Å²) in [7, 11) is 0. The van der Waals surface area contributed by atoms with E-state index in [9.17, 15) is 0 Å². The number of thiophene rings is 1. The molecule has 66 valence electrons. The zero-order chi connectivity index (χ0) is 8.84. The second kappa shape index (κ2) is 2.58. The lowest BCUT2D eigenvalue weighted by Crippen LogP contribution is -2.04. The molecule has 0 saturated carbocycles. The molecule has 0 nitrogen and oxygen atoms in total. The largest absolute Gasteiger partial charge is 0.145 e. The molecule has 2 unspecified atom stereocenters. The van der Waals surface area contributed by atoms with E-state index in [1.165, 1.54) is 11.3 Å². The van der Waals surface area contributed by atoms with Gasteiger partial charge in [0.05, 0.1) is 0 Å². The SMILES string of the molecule is Cc1cc2c(s1)CC1C=CC=CC21. The fraction of sp³-hybridized carbons (Fsp3) is 0.333. The monoisotopic (exact) mass is 188 g/mol. The minimum atomic E-state index is 0.685. The fourth-order valence-electron chi connectivity index (χ4n) is 2.42. The molecule has 1 aromatic rings. The predicted octanol–water partition coefficient (Wildman–Crippen LogP) is 3.44. The lowest BCUT2D eigenvalue weighted by atomic mass is 9.89. The van der Waals surface area contributed by atoms with Crippen LogP contribution >= 0.6 is 11.3 Å². The normalized spacial score (nSPS) is 29.0. The summed E-state index contributed by atoms with van der Waals surface area (Å²) in [5.41, 5.74) is 1.59. The maximum atomic E-state index is 2.37. The quantitative estimate of drug-likeness (QED) is 0.585. The van der Waals surface area contributed by atoms with E-state index in [1.807, 2.05) is 11.3 Å². The molecule has 2 aliphatic rings. The van der Waals surface area contributed by atoms with Crippen molar-refractivity contribution in [3.05, 3.63) is 45.7 Å². The highest BCUT2D eigenvalue weighted by Gasteiger charge is 2.31. The summed E-state index contributed by atoms with van der Waals surface area (Å²) in [6.07, 6.45) is 10.3. The van der Waals surface area contributed by atoms with Crippen molar-refractivity contribution >= 4 is 11.3 Å². The average molecular weight is 188 g/mol. The second-order valence-corrected chi connectivity index (χ2v) is 5.24. The third kappa shape index (κ3) is 1.03. The van der Waals surface area contributed by atoms with Gasteiger partial charge in [-0.3, -0.25) is 0 Å². The second-order valence-electron chi connectivity index (χ2n) is 3.90. The molecule has 3 rings (SSSR count). The van der Waals surface area contributed by atoms with Gasteiger partial charge in [0.2, 0.25) is 0 Å². The number of hydrogen-bond acceptors (Lipinski definition) is 1. The van der Waals surface area contributed by atoms with Crippen LogP contribution in [0.1, 0.15) is 21.2 Å². The maximum absolute atomic E-state index is 2.37. The van der Waals surface area contributed by atoms with Gasteiger partial charge in [0, 0.05) is 15.7 Å². The van der Waals surface area contributed by atoms with Crippen molar-refractivity contribution in [2.45, 2.75) is 19.3 Å². The summed E-state index contributed by atoms with van der Waals surface area (Å²) in [6, 6.07) is 2.37. The number of rotatable bonds is 0. The summed E-state index contributed by atoms with van der Waals surface area (Å²) >= 11 is 1.98. The van der Waals surface area contributed by atoms with Crippen LogP contribution in [0.4, 0.5) is 0 Å². The summed E-state index contributed by atoms with van der Waals surface area (Å²) in [5, 5.41) is 0. The van der Waals surface area contributed by atoms with Gasteiger partial charge in [-0.25, -0.2) is 0 Å². The molecular weight excluding hydrogens is 176 g/mol. The minimum Gasteiger partial charge on any atom is -0.145 e. The first kappa shape index (κ1) is 7.57. The standard InChI is InChI=1S/C12H12S/c1-8-6-11-10-5-3-2-4-9(10)7-12(11)13-8/h2-6,9-10H,7H2,1H3. The molecule has 1 heterocycles. The van der Waals surface area contributed by atoms with Gasteiger partial charge in [-0.2, -0.15) is 0 Å². The molecule has 13 heavy (non-hydrogen) atoms. The Hall–Kier alpha value is -0.820. The van der Waals surface area contributed by atoms with E-state index in [4.69, 9.17) is 0 Å². The fourth-order valence-corrected chi connectivity index (χ4v) is 3.58. The van der Waals surface area contributed by atoms with E-state index < -0.39 is 0 Å². The van der Waals surface area contributed by atoms with E-state index in [0.29, 0.717) is 5.92 Å². The van der Waals surface area contributed by atoms with E-state index in [0.717, 1.165) is 5.92 Å². The van der Waals surface area contributed by atoms with Gasteiger partial charge in [0.25, 0.3) is 0 Å². The third-order valence-corrected chi connectivity index (χ3v) is 4.08. The summed E-state index contributed by atoms with van der Waals surface area (Å²) < 4.78 is 0. The van der Waals surface area contributed by atoms with Crippen LogP contribution in [0, 0.1) is 12.8 Å². The Balaban J connectivity index is 2.09. The van der Waals surface area contributed by atoms with Crippen LogP contribution in [0.25, 0.3) is 0 Å². The Labute approximate surface area is 82.6 Å². The highest BCUT2D eigenvalue weighted by Crippen LogP contribution is 2.44. The van der Waals surface area contributed by atoms with Crippen LogP contribution in [0.2, 0.25) is 0 Å². The van der Waals surface area contributed by atoms with Crippen molar-refractivity contribution in [2.24, 2.45) is 5.92 Å². The van der Waals surface area contributed by atoms with Crippen molar-refractivity contribution in [3.63, 3.8) is 0 Å². The zero-order valence-electron chi connectivity index (χ0n) is 7.66. The third-order valence-electron chi connectivity index (χ3n) is 2.99. The van der Waals surface area contributed by atoms with Crippen molar-refractivity contribution in [2.75, 3.05) is 0 Å². The Morgan fingerprint density at radius 1 is 1.31 bits per heavy atom. The molecule has 0 bridgehead atoms. The van der Waals surface area contributed by atoms with Crippen LogP contribution in [0.15, 0.2) is 30.4 Å². The minimum absolute atomic E-state index is 0.685. The molecule has 0 spiro atoms. The summed E-state index contributed by atoms with van der Waals surface area (Å²) in [4.78, 5) is 3.08. The number of aryl methyl sites for hydroxylation is 1. The van der Waals surface area contributed by atoms with Gasteiger partial charge in [0.1, 0.15) is 0 Å². The molecule has 0 aliphatic heterocycles. The Morgan fingerprint density at radius 3 is 3.08 bits per heavy atom. The molecular formula is C12H12S. The first-order chi connectivity index (χ1) is 6.34. The van der Waals surface area contributed by atoms with Crippen LogP contribution in [0.5, 0.6) is 0 Å². The van der Waals surface area contributed by atoms with Crippen molar-refractivity contribution in [1.29, 1.82) is 0 Å². The smallest absolute Gasteiger partial charge is 0.00986 e. The first-order valence-corrected chi connectivity index (χ1v) is 5.60. The van der Waals surface area contributed by atoms with Crippen molar-refractivity contribution in [1.82, 2.24) is 0 Å².